The lowest BCUT2D eigenvalue weighted by molar-refractivity contribution is -0.385. The minimum atomic E-state index is -0.752. The van der Waals surface area contributed by atoms with Crippen molar-refractivity contribution < 1.29 is 23.9 Å². The number of hydrogen-bond acceptors (Lipinski definition) is 6. The molecular formula is C18H19NO6. The highest BCUT2D eigenvalue weighted by Crippen LogP contribution is 2.28. The van der Waals surface area contributed by atoms with Gasteiger partial charge in [0.15, 0.2) is 11.5 Å². The van der Waals surface area contributed by atoms with Crippen LogP contribution in [-0.4, -0.2) is 24.6 Å². The molecule has 0 amide bonds. The molecule has 0 aromatic heterocycles. The van der Waals surface area contributed by atoms with Crippen molar-refractivity contribution in [2.45, 2.75) is 20.0 Å². The summed E-state index contributed by atoms with van der Waals surface area (Å²) in [4.78, 5) is 22.5. The Kier molecular flexibility index (Phi) is 6.33. The van der Waals surface area contributed by atoms with E-state index in [1.165, 1.54) is 25.3 Å². The summed E-state index contributed by atoms with van der Waals surface area (Å²) in [6, 6.07) is 10.9. The Morgan fingerprint density at radius 3 is 2.60 bits per heavy atom. The van der Waals surface area contributed by atoms with Gasteiger partial charge in [-0.2, -0.15) is 0 Å². The first kappa shape index (κ1) is 18.3. The molecule has 0 aliphatic carbocycles. The maximum Gasteiger partial charge on any atom is 0.345 e. The number of ether oxygens (including phenoxy) is 3. The number of esters is 1. The molecule has 0 saturated heterocycles. The van der Waals surface area contributed by atoms with E-state index in [0.717, 1.165) is 6.42 Å². The second kappa shape index (κ2) is 8.68. The molecule has 0 unspecified atom stereocenters. The summed E-state index contributed by atoms with van der Waals surface area (Å²) in [6.07, 6.45) is 0.873. The van der Waals surface area contributed by atoms with Crippen molar-refractivity contribution in [1.29, 1.82) is 0 Å². The number of hydrogen-bond donors (Lipinski definition) is 0. The second-order valence-corrected chi connectivity index (χ2v) is 5.18. The highest BCUT2D eigenvalue weighted by Gasteiger charge is 2.20. The van der Waals surface area contributed by atoms with Gasteiger partial charge in [0.1, 0.15) is 12.2 Å². The smallest absolute Gasteiger partial charge is 0.345 e. The van der Waals surface area contributed by atoms with Crippen molar-refractivity contribution in [2.75, 3.05) is 13.7 Å². The Morgan fingerprint density at radius 1 is 1.16 bits per heavy atom. The van der Waals surface area contributed by atoms with Crippen LogP contribution in [0.25, 0.3) is 0 Å². The molecule has 0 fully saturated rings. The summed E-state index contributed by atoms with van der Waals surface area (Å²) < 4.78 is 16.0. The Bertz CT molecular complexity index is 759. The second-order valence-electron chi connectivity index (χ2n) is 5.18. The summed E-state index contributed by atoms with van der Waals surface area (Å²) in [7, 11) is 1.53. The van der Waals surface area contributed by atoms with Crippen LogP contribution in [0.5, 0.6) is 11.5 Å². The highest BCUT2D eigenvalue weighted by atomic mass is 16.6. The fraction of sp³-hybridized carbons (Fsp3) is 0.278. The van der Waals surface area contributed by atoms with E-state index in [4.69, 9.17) is 14.2 Å². The molecule has 0 heterocycles. The standard InChI is InChI=1S/C18H19NO6/c1-3-10-24-16-9-8-13(11-17(16)23-2)12-25-18(20)14-6-4-5-7-15(14)19(21)22/h4-9,11H,3,10,12H2,1-2H3. The third kappa shape index (κ3) is 4.69. The van der Waals surface area contributed by atoms with Gasteiger partial charge in [-0.1, -0.05) is 25.1 Å². The number of carbonyl (C=O) groups excluding carboxylic acids is 1. The van der Waals surface area contributed by atoms with Gasteiger partial charge in [0.2, 0.25) is 0 Å². The largest absolute Gasteiger partial charge is 0.493 e. The van der Waals surface area contributed by atoms with Gasteiger partial charge in [0.05, 0.1) is 18.6 Å². The maximum absolute atomic E-state index is 12.1. The number of benzene rings is 2. The van der Waals surface area contributed by atoms with Crippen molar-refractivity contribution in [3.05, 3.63) is 63.7 Å². The molecule has 0 atom stereocenters. The molecule has 2 aromatic rings. The van der Waals surface area contributed by atoms with Gasteiger partial charge >= 0.3 is 5.97 Å². The molecule has 7 nitrogen and oxygen atoms in total. The SMILES string of the molecule is CCCOc1ccc(COC(=O)c2ccccc2[N+](=O)[O-])cc1OC. The number of nitro benzene ring substituents is 1. The molecule has 0 aliphatic rings. The van der Waals surface area contributed by atoms with E-state index in [9.17, 15) is 14.9 Å². The first-order valence-corrected chi connectivity index (χ1v) is 7.77. The molecule has 0 spiro atoms. The average molecular weight is 345 g/mol. The maximum atomic E-state index is 12.1. The van der Waals surface area contributed by atoms with Gasteiger partial charge in [-0.15, -0.1) is 0 Å². The lowest BCUT2D eigenvalue weighted by Crippen LogP contribution is -2.08. The topological polar surface area (TPSA) is 87.9 Å². The molecular weight excluding hydrogens is 326 g/mol. The Hall–Kier alpha value is -3.09. The van der Waals surface area contributed by atoms with E-state index < -0.39 is 10.9 Å². The number of carbonyl (C=O) groups is 1. The Balaban J connectivity index is 2.08. The number of methoxy groups -OCH3 is 1. The Labute approximate surface area is 145 Å². The van der Waals surface area contributed by atoms with E-state index in [0.29, 0.717) is 23.7 Å². The zero-order valence-electron chi connectivity index (χ0n) is 14.1. The van der Waals surface area contributed by atoms with E-state index in [-0.39, 0.29) is 17.9 Å². The fourth-order valence-corrected chi connectivity index (χ4v) is 2.17. The van der Waals surface area contributed by atoms with Crippen molar-refractivity contribution in [2.24, 2.45) is 0 Å². The molecule has 2 aromatic carbocycles. The monoisotopic (exact) mass is 345 g/mol. The Morgan fingerprint density at radius 2 is 1.92 bits per heavy atom. The number of nitrogens with zero attached hydrogens (tertiary/aromatic N) is 1. The van der Waals surface area contributed by atoms with Crippen LogP contribution in [0.2, 0.25) is 0 Å². The average Bonchev–Trinajstić information content (AvgIpc) is 2.64. The molecule has 0 bridgehead atoms. The van der Waals surface area contributed by atoms with Gasteiger partial charge in [-0.25, -0.2) is 4.79 Å². The molecule has 132 valence electrons. The van der Waals surface area contributed by atoms with Gasteiger partial charge in [0.25, 0.3) is 5.69 Å². The van der Waals surface area contributed by atoms with E-state index >= 15 is 0 Å². The molecule has 0 saturated carbocycles. The summed E-state index contributed by atoms with van der Waals surface area (Å²) in [5.74, 6) is 0.392. The van der Waals surface area contributed by atoms with Crippen LogP contribution in [-0.2, 0) is 11.3 Å². The summed E-state index contributed by atoms with van der Waals surface area (Å²) in [5.41, 5.74) is 0.323. The minimum Gasteiger partial charge on any atom is -0.493 e. The molecule has 0 radical (unpaired) electrons. The zero-order valence-corrected chi connectivity index (χ0v) is 14.1. The van der Waals surface area contributed by atoms with Gasteiger partial charge in [-0.05, 0) is 30.2 Å². The van der Waals surface area contributed by atoms with Crippen LogP contribution in [0.4, 0.5) is 5.69 Å². The van der Waals surface area contributed by atoms with Crippen molar-refractivity contribution in [3.8, 4) is 11.5 Å². The van der Waals surface area contributed by atoms with Crippen LogP contribution in [0, 0.1) is 10.1 Å². The van der Waals surface area contributed by atoms with Crippen LogP contribution >= 0.6 is 0 Å². The number of rotatable bonds is 8. The van der Waals surface area contributed by atoms with E-state index in [1.54, 1.807) is 24.3 Å². The van der Waals surface area contributed by atoms with Crippen molar-refractivity contribution >= 4 is 11.7 Å². The third-order valence-corrected chi connectivity index (χ3v) is 3.38. The van der Waals surface area contributed by atoms with Crippen LogP contribution in [0.3, 0.4) is 0 Å². The molecule has 0 N–H and O–H groups in total. The molecule has 7 heteroatoms. The summed E-state index contributed by atoms with van der Waals surface area (Å²) in [6.45, 7) is 2.54. The normalized spacial score (nSPS) is 10.2. The first-order chi connectivity index (χ1) is 12.1. The van der Waals surface area contributed by atoms with E-state index in [1.807, 2.05) is 6.92 Å². The van der Waals surface area contributed by atoms with Crippen LogP contribution in [0.15, 0.2) is 42.5 Å². The first-order valence-electron chi connectivity index (χ1n) is 7.77. The van der Waals surface area contributed by atoms with E-state index in [2.05, 4.69) is 0 Å². The highest BCUT2D eigenvalue weighted by molar-refractivity contribution is 5.93. The fourth-order valence-electron chi connectivity index (χ4n) is 2.17. The predicted octanol–water partition coefficient (Wildman–Crippen LogP) is 3.75. The lowest BCUT2D eigenvalue weighted by Gasteiger charge is -2.12. The third-order valence-electron chi connectivity index (χ3n) is 3.38. The number of nitro groups is 1. The lowest BCUT2D eigenvalue weighted by atomic mass is 10.2. The quantitative estimate of drug-likeness (QED) is 0.411. The van der Waals surface area contributed by atoms with Crippen LogP contribution in [0.1, 0.15) is 29.3 Å². The van der Waals surface area contributed by atoms with Gasteiger partial charge < -0.3 is 14.2 Å². The van der Waals surface area contributed by atoms with Gasteiger partial charge in [0, 0.05) is 6.07 Å². The molecule has 2 rings (SSSR count). The van der Waals surface area contributed by atoms with Crippen molar-refractivity contribution in [3.63, 3.8) is 0 Å². The summed E-state index contributed by atoms with van der Waals surface area (Å²) in [5, 5.41) is 11.0. The molecule has 0 aliphatic heterocycles. The number of para-hydroxylation sites is 1. The van der Waals surface area contributed by atoms with Crippen molar-refractivity contribution in [1.82, 2.24) is 0 Å². The zero-order chi connectivity index (χ0) is 18.2. The molecule has 25 heavy (non-hydrogen) atoms. The van der Waals surface area contributed by atoms with Crippen LogP contribution < -0.4 is 9.47 Å². The summed E-state index contributed by atoms with van der Waals surface area (Å²) >= 11 is 0. The predicted molar refractivity (Wildman–Crippen MR) is 91.0 cm³/mol. The minimum absolute atomic E-state index is 0.0324. The van der Waals surface area contributed by atoms with Gasteiger partial charge in [-0.3, -0.25) is 10.1 Å².